The highest BCUT2D eigenvalue weighted by molar-refractivity contribution is 7.26. The van der Waals surface area contributed by atoms with E-state index in [4.69, 9.17) is 9.40 Å². The van der Waals surface area contributed by atoms with Crippen molar-refractivity contribution >= 4 is 59.7 Å². The first-order chi connectivity index (χ1) is 23.3. The van der Waals surface area contributed by atoms with E-state index >= 15 is 0 Å². The Bertz CT molecular complexity index is 2500. The van der Waals surface area contributed by atoms with Crippen LogP contribution in [-0.2, 0) is 0 Å². The predicted molar refractivity (Wildman–Crippen MR) is 198 cm³/mol. The number of oxazole rings is 1. The molecular formula is C43H28N2OS. The Kier molecular flexibility index (Phi) is 6.65. The Labute approximate surface area is 276 Å². The summed E-state index contributed by atoms with van der Waals surface area (Å²) in [5, 5.41) is 2.37. The zero-order valence-corrected chi connectivity index (χ0v) is 26.2. The molecule has 0 amide bonds. The summed E-state index contributed by atoms with van der Waals surface area (Å²) in [7, 11) is 0. The van der Waals surface area contributed by atoms with Crippen LogP contribution in [0.2, 0.25) is 0 Å². The summed E-state index contributed by atoms with van der Waals surface area (Å²) in [4.78, 5) is 7.24. The number of nitrogens with zero attached hydrogens (tertiary/aromatic N) is 2. The molecule has 0 radical (unpaired) electrons. The van der Waals surface area contributed by atoms with Crippen molar-refractivity contribution in [3.8, 4) is 33.7 Å². The van der Waals surface area contributed by atoms with E-state index in [-0.39, 0.29) is 0 Å². The normalized spacial score (nSPS) is 11.4. The zero-order chi connectivity index (χ0) is 31.2. The monoisotopic (exact) mass is 620 g/mol. The van der Waals surface area contributed by atoms with E-state index in [0.717, 1.165) is 33.7 Å². The fraction of sp³-hybridized carbons (Fsp3) is 0. The van der Waals surface area contributed by atoms with Gasteiger partial charge in [-0.25, -0.2) is 4.98 Å². The van der Waals surface area contributed by atoms with Gasteiger partial charge in [0.15, 0.2) is 5.58 Å². The summed E-state index contributed by atoms with van der Waals surface area (Å²) in [5.74, 6) is 0.650. The van der Waals surface area contributed by atoms with E-state index in [0.29, 0.717) is 5.89 Å². The van der Waals surface area contributed by atoms with Crippen LogP contribution in [0.1, 0.15) is 0 Å². The molecule has 0 aliphatic rings. The zero-order valence-electron chi connectivity index (χ0n) is 25.4. The van der Waals surface area contributed by atoms with Crippen molar-refractivity contribution in [2.24, 2.45) is 0 Å². The third-order valence-corrected chi connectivity index (χ3v) is 9.82. The summed E-state index contributed by atoms with van der Waals surface area (Å²) in [6, 6.07) is 59.9. The lowest BCUT2D eigenvalue weighted by Crippen LogP contribution is -2.11. The van der Waals surface area contributed by atoms with Crippen LogP contribution >= 0.6 is 11.3 Å². The summed E-state index contributed by atoms with van der Waals surface area (Å²) >= 11 is 1.80. The molecule has 0 atom stereocenters. The van der Waals surface area contributed by atoms with E-state index < -0.39 is 0 Å². The molecule has 0 unspecified atom stereocenters. The minimum atomic E-state index is 0.650. The Morgan fingerprint density at radius 3 is 2.02 bits per heavy atom. The van der Waals surface area contributed by atoms with E-state index in [1.807, 2.05) is 24.3 Å². The minimum absolute atomic E-state index is 0.650. The molecule has 0 fully saturated rings. The van der Waals surface area contributed by atoms with Crippen molar-refractivity contribution < 1.29 is 4.42 Å². The molecule has 0 saturated carbocycles. The van der Waals surface area contributed by atoms with E-state index in [9.17, 15) is 0 Å². The van der Waals surface area contributed by atoms with Gasteiger partial charge in [0.2, 0.25) is 5.89 Å². The van der Waals surface area contributed by atoms with Gasteiger partial charge in [0.25, 0.3) is 0 Å². The van der Waals surface area contributed by atoms with Crippen LogP contribution in [0.4, 0.5) is 17.1 Å². The molecule has 2 aromatic heterocycles. The first-order valence-corrected chi connectivity index (χ1v) is 16.5. The number of benzene rings is 7. The quantitative estimate of drug-likeness (QED) is 0.185. The van der Waals surface area contributed by atoms with Gasteiger partial charge in [-0.15, -0.1) is 11.3 Å². The maximum absolute atomic E-state index is 6.25. The first kappa shape index (κ1) is 27.3. The van der Waals surface area contributed by atoms with Crippen LogP contribution < -0.4 is 4.90 Å². The predicted octanol–water partition coefficient (Wildman–Crippen LogP) is 12.7. The van der Waals surface area contributed by atoms with Crippen LogP contribution in [0.25, 0.3) is 65.0 Å². The lowest BCUT2D eigenvalue weighted by Gasteiger charge is -2.28. The van der Waals surface area contributed by atoms with Gasteiger partial charge in [-0.3, -0.25) is 0 Å². The number of fused-ring (bicyclic) bond motifs is 4. The summed E-state index contributed by atoms with van der Waals surface area (Å²) in [6.07, 6.45) is 0. The lowest BCUT2D eigenvalue weighted by atomic mass is 10.0. The molecular weight excluding hydrogens is 593 g/mol. The molecule has 0 N–H and O–H groups in total. The highest BCUT2D eigenvalue weighted by Gasteiger charge is 2.20. The highest BCUT2D eigenvalue weighted by atomic mass is 32.1. The molecule has 2 heterocycles. The van der Waals surface area contributed by atoms with Crippen molar-refractivity contribution in [2.45, 2.75) is 0 Å². The van der Waals surface area contributed by atoms with Gasteiger partial charge in [-0.1, -0.05) is 115 Å². The fourth-order valence-electron chi connectivity index (χ4n) is 6.53. The highest BCUT2D eigenvalue weighted by Crippen LogP contribution is 2.46. The largest absolute Gasteiger partial charge is 0.436 e. The van der Waals surface area contributed by atoms with Crippen molar-refractivity contribution in [1.82, 2.24) is 4.98 Å². The molecule has 47 heavy (non-hydrogen) atoms. The van der Waals surface area contributed by atoms with Gasteiger partial charge in [-0.05, 0) is 71.3 Å². The molecule has 9 rings (SSSR count). The Morgan fingerprint density at radius 1 is 0.489 bits per heavy atom. The molecule has 0 spiro atoms. The molecule has 3 nitrogen and oxygen atoms in total. The maximum atomic E-state index is 6.25. The van der Waals surface area contributed by atoms with Crippen molar-refractivity contribution in [1.29, 1.82) is 0 Å². The molecule has 0 saturated heterocycles. The Hall–Kier alpha value is -5.97. The summed E-state index contributed by atoms with van der Waals surface area (Å²) < 4.78 is 8.66. The molecule has 7 aromatic carbocycles. The topological polar surface area (TPSA) is 29.3 Å². The SMILES string of the molecule is c1ccc(-c2cccc(N(c3ccc4c(c3)sc3cccc(-c5nc6ccccc6o5)c34)c3ccccc3-c3ccccc3)c2)cc1. The smallest absolute Gasteiger partial charge is 0.227 e. The lowest BCUT2D eigenvalue weighted by molar-refractivity contribution is 0.620. The Morgan fingerprint density at radius 2 is 1.17 bits per heavy atom. The molecule has 0 aliphatic heterocycles. The van der Waals surface area contributed by atoms with Crippen molar-refractivity contribution in [3.05, 3.63) is 170 Å². The van der Waals surface area contributed by atoms with Crippen molar-refractivity contribution in [2.75, 3.05) is 4.90 Å². The van der Waals surface area contributed by atoms with Crippen LogP contribution in [0.3, 0.4) is 0 Å². The number of hydrogen-bond acceptors (Lipinski definition) is 4. The van der Waals surface area contributed by atoms with E-state index in [1.165, 1.54) is 42.4 Å². The molecule has 0 bridgehead atoms. The number of para-hydroxylation sites is 3. The minimum Gasteiger partial charge on any atom is -0.436 e. The van der Waals surface area contributed by atoms with Gasteiger partial charge < -0.3 is 9.32 Å². The Balaban J connectivity index is 1.24. The van der Waals surface area contributed by atoms with Crippen LogP contribution in [-0.4, -0.2) is 4.98 Å². The first-order valence-electron chi connectivity index (χ1n) is 15.7. The third kappa shape index (κ3) is 4.87. The second-order valence-electron chi connectivity index (χ2n) is 11.6. The third-order valence-electron chi connectivity index (χ3n) is 8.70. The molecule has 222 valence electrons. The molecule has 4 heteroatoms. The number of rotatable bonds is 6. The molecule has 0 aliphatic carbocycles. The second kappa shape index (κ2) is 11.4. The average Bonchev–Trinajstić information content (AvgIpc) is 3.74. The second-order valence-corrected chi connectivity index (χ2v) is 12.7. The standard InChI is InChI=1S/C43H28N2OS/c1-3-13-29(14-4-1)31-17-11-18-32(27-31)45(38-22-9-7-19-34(38)30-15-5-2-6-16-30)33-25-26-35-41(28-33)47-40-24-12-20-36(42(35)40)43-44-37-21-8-10-23-39(37)46-43/h1-28H. The number of aromatic nitrogens is 1. The van der Waals surface area contributed by atoms with E-state index in [2.05, 4.69) is 150 Å². The number of thiophene rings is 1. The summed E-state index contributed by atoms with van der Waals surface area (Å²) in [6.45, 7) is 0. The number of anilines is 3. The van der Waals surface area contributed by atoms with Crippen LogP contribution in [0, 0.1) is 0 Å². The van der Waals surface area contributed by atoms with Gasteiger partial charge in [0.05, 0.1) is 5.69 Å². The number of hydrogen-bond donors (Lipinski definition) is 0. The maximum Gasteiger partial charge on any atom is 0.227 e. The van der Waals surface area contributed by atoms with Crippen molar-refractivity contribution in [3.63, 3.8) is 0 Å². The van der Waals surface area contributed by atoms with E-state index in [1.54, 1.807) is 11.3 Å². The van der Waals surface area contributed by atoms with Crippen LogP contribution in [0.15, 0.2) is 174 Å². The van der Waals surface area contributed by atoms with Gasteiger partial charge in [0, 0.05) is 42.7 Å². The average molecular weight is 621 g/mol. The summed E-state index contributed by atoms with van der Waals surface area (Å²) in [5.41, 5.74) is 10.7. The molecule has 9 aromatic rings. The van der Waals surface area contributed by atoms with Gasteiger partial charge in [-0.2, -0.15) is 0 Å². The van der Waals surface area contributed by atoms with Gasteiger partial charge >= 0.3 is 0 Å². The van der Waals surface area contributed by atoms with Gasteiger partial charge in [0.1, 0.15) is 5.52 Å². The van der Waals surface area contributed by atoms with Crippen LogP contribution in [0.5, 0.6) is 0 Å². The fourth-order valence-corrected chi connectivity index (χ4v) is 7.70.